The summed E-state index contributed by atoms with van der Waals surface area (Å²) in [7, 11) is -2.01. The third kappa shape index (κ3) is 4.56. The minimum atomic E-state index is -3.68. The number of ether oxygens (including phenoxy) is 1. The van der Waals surface area contributed by atoms with Crippen molar-refractivity contribution in [3.63, 3.8) is 0 Å². The average Bonchev–Trinajstić information content (AvgIpc) is 3.03. The van der Waals surface area contributed by atoms with E-state index in [1.165, 1.54) is 23.2 Å². The molecule has 1 saturated carbocycles. The second-order valence-corrected chi connectivity index (χ2v) is 12.0. The van der Waals surface area contributed by atoms with Crippen molar-refractivity contribution in [2.24, 2.45) is 0 Å². The highest BCUT2D eigenvalue weighted by atomic mass is 32.2. The van der Waals surface area contributed by atoms with E-state index in [-0.39, 0.29) is 48.5 Å². The van der Waals surface area contributed by atoms with E-state index in [1.807, 2.05) is 13.8 Å². The van der Waals surface area contributed by atoms with Gasteiger partial charge in [0, 0.05) is 54.0 Å². The van der Waals surface area contributed by atoms with E-state index in [4.69, 9.17) is 4.74 Å². The molecule has 1 spiro atoms. The number of amides is 1. The molecule has 0 saturated heterocycles. The first kappa shape index (κ1) is 26.3. The number of likely N-dealkylation sites (N-methyl/N-ethyl adjacent to an activating group) is 1. The number of anilines is 2. The van der Waals surface area contributed by atoms with Crippen LogP contribution in [0, 0.1) is 5.82 Å². The highest BCUT2D eigenvalue weighted by molar-refractivity contribution is 7.92. The van der Waals surface area contributed by atoms with E-state index in [1.54, 1.807) is 19.3 Å². The molecule has 5 rings (SSSR count). The number of sulfonamides is 1. The molecule has 0 unspecified atom stereocenters. The fourth-order valence-corrected chi connectivity index (χ4v) is 5.87. The van der Waals surface area contributed by atoms with E-state index >= 15 is 4.39 Å². The van der Waals surface area contributed by atoms with E-state index in [9.17, 15) is 18.3 Å². The van der Waals surface area contributed by atoms with Crippen molar-refractivity contribution in [1.29, 1.82) is 0 Å². The molecule has 0 atom stereocenters. The maximum atomic E-state index is 15.4. The molecule has 1 aliphatic heterocycles. The van der Waals surface area contributed by atoms with Crippen molar-refractivity contribution in [3.05, 3.63) is 42.0 Å². The van der Waals surface area contributed by atoms with Gasteiger partial charge >= 0.3 is 0 Å². The van der Waals surface area contributed by atoms with Crippen molar-refractivity contribution >= 4 is 38.2 Å². The number of nitrogens with zero attached hydrogens (tertiary/aromatic N) is 3. The second kappa shape index (κ2) is 9.44. The van der Waals surface area contributed by atoms with Gasteiger partial charge in [-0.2, -0.15) is 0 Å². The molecule has 1 aromatic carbocycles. The number of rotatable bonds is 8. The summed E-state index contributed by atoms with van der Waals surface area (Å²) in [5.74, 6) is -0.622. The quantitative estimate of drug-likeness (QED) is 0.369. The van der Waals surface area contributed by atoms with Gasteiger partial charge in [0.1, 0.15) is 18.1 Å². The molecule has 0 radical (unpaired) electrons. The highest BCUT2D eigenvalue weighted by Gasteiger charge is 2.58. The molecule has 202 valence electrons. The van der Waals surface area contributed by atoms with Crippen LogP contribution in [-0.4, -0.2) is 68.0 Å². The molecule has 10 nitrogen and oxygen atoms in total. The topological polar surface area (TPSA) is 134 Å². The lowest BCUT2D eigenvalue weighted by Gasteiger charge is -2.41. The molecule has 2 aromatic heterocycles. The van der Waals surface area contributed by atoms with Crippen molar-refractivity contribution in [1.82, 2.24) is 15.3 Å². The Morgan fingerprint density at radius 2 is 1.97 bits per heavy atom. The van der Waals surface area contributed by atoms with Crippen LogP contribution in [0.4, 0.5) is 15.8 Å². The number of hydrogen-bond acceptors (Lipinski definition) is 8. The largest absolute Gasteiger partial charge is 0.475 e. The van der Waals surface area contributed by atoms with Crippen LogP contribution in [0.1, 0.15) is 32.3 Å². The summed E-state index contributed by atoms with van der Waals surface area (Å²) in [4.78, 5) is 23.4. The van der Waals surface area contributed by atoms with Crippen molar-refractivity contribution in [2.75, 3.05) is 36.1 Å². The fraction of sp³-hybridized carbons (Fsp3) is 0.423. The molecule has 2 aliphatic rings. The first-order chi connectivity index (χ1) is 17.9. The molecular formula is C26H30FN5O5S. The Morgan fingerprint density at radius 1 is 1.24 bits per heavy atom. The number of hydrogen-bond donors (Lipinski definition) is 3. The van der Waals surface area contributed by atoms with Gasteiger partial charge in [-0.05, 0) is 25.0 Å². The molecule has 1 amide bonds. The summed E-state index contributed by atoms with van der Waals surface area (Å²) in [6.07, 6.45) is 3.98. The van der Waals surface area contributed by atoms with E-state index in [0.29, 0.717) is 28.7 Å². The molecule has 38 heavy (non-hydrogen) atoms. The number of fused-ring (bicyclic) bond motifs is 4. The summed E-state index contributed by atoms with van der Waals surface area (Å²) in [5, 5.41) is 13.9. The summed E-state index contributed by atoms with van der Waals surface area (Å²) < 4.78 is 47.6. The number of nitrogens with one attached hydrogen (secondary N) is 2. The minimum absolute atomic E-state index is 0.0723. The van der Waals surface area contributed by atoms with Crippen LogP contribution < -0.4 is 19.7 Å². The zero-order valence-corrected chi connectivity index (χ0v) is 22.4. The number of carbonyl (C=O) groups excluding carboxylic acids is 1. The van der Waals surface area contributed by atoms with Crippen LogP contribution in [-0.2, 0) is 20.2 Å². The van der Waals surface area contributed by atoms with Crippen molar-refractivity contribution < 1.29 is 27.4 Å². The number of pyridine rings is 2. The Kier molecular flexibility index (Phi) is 6.52. The van der Waals surface area contributed by atoms with Crippen molar-refractivity contribution in [3.8, 4) is 17.0 Å². The zero-order chi connectivity index (χ0) is 27.4. The average molecular weight is 544 g/mol. The van der Waals surface area contributed by atoms with Crippen LogP contribution in [0.15, 0.2) is 30.6 Å². The molecule has 3 aromatic rings. The molecule has 12 heteroatoms. The lowest BCUT2D eigenvalue weighted by Crippen LogP contribution is -2.51. The van der Waals surface area contributed by atoms with E-state index in [2.05, 4.69) is 20.0 Å². The van der Waals surface area contributed by atoms with Crippen LogP contribution in [0.5, 0.6) is 5.88 Å². The second-order valence-electron chi connectivity index (χ2n) is 10.3. The summed E-state index contributed by atoms with van der Waals surface area (Å²) in [6.45, 7) is 4.77. The van der Waals surface area contributed by atoms with Gasteiger partial charge in [-0.25, -0.2) is 17.8 Å². The lowest BCUT2D eigenvalue weighted by molar-refractivity contribution is -0.130. The van der Waals surface area contributed by atoms with Gasteiger partial charge < -0.3 is 20.1 Å². The third-order valence-corrected chi connectivity index (χ3v) is 7.60. The van der Waals surface area contributed by atoms with Gasteiger partial charge in [0.05, 0.1) is 35.2 Å². The molecular weight excluding hydrogens is 513 g/mol. The first-order valence-electron chi connectivity index (χ1n) is 12.3. The van der Waals surface area contributed by atoms with Gasteiger partial charge in [0.15, 0.2) is 0 Å². The van der Waals surface area contributed by atoms with Crippen molar-refractivity contribution in [2.45, 2.75) is 44.2 Å². The monoisotopic (exact) mass is 543 g/mol. The Morgan fingerprint density at radius 3 is 2.63 bits per heavy atom. The lowest BCUT2D eigenvalue weighted by atomic mass is 9.62. The first-order valence-corrected chi connectivity index (χ1v) is 14.2. The highest BCUT2D eigenvalue weighted by Crippen LogP contribution is 2.55. The maximum Gasteiger partial charge on any atom is 0.238 e. The number of halogens is 1. The number of aromatic nitrogens is 2. The standard InChI is InChI=1S/C26H30FN5O5S/c1-14(2)28-5-6-37-24-21(31-38(4,35)36)7-15(12-30-24)17-8-18-20(9-19(17)27)29-13-22-23(18)26(10-16(33)11-26)25(34)32(22)3/h7-9,12-14,16,28,31,33H,5-6,10-11H2,1-4H3/t16-,26+. The van der Waals surface area contributed by atoms with E-state index in [0.717, 1.165) is 11.8 Å². The predicted molar refractivity (Wildman–Crippen MR) is 142 cm³/mol. The SMILES string of the molecule is CC(C)NCCOc1ncc(-c2cc3c(cc2F)ncc2c3[C@]3(C[C@H](O)C3)C(=O)N2C)cc1NS(C)(=O)=O. The molecule has 3 heterocycles. The number of aliphatic hydroxyl groups is 1. The van der Waals surface area contributed by atoms with Gasteiger partial charge in [0.2, 0.25) is 21.8 Å². The Hall–Kier alpha value is -3.35. The summed E-state index contributed by atoms with van der Waals surface area (Å²) >= 11 is 0. The fourth-order valence-electron chi connectivity index (χ4n) is 5.32. The summed E-state index contributed by atoms with van der Waals surface area (Å²) in [6, 6.07) is 4.64. The Balaban J connectivity index is 1.59. The van der Waals surface area contributed by atoms with Crippen LogP contribution in [0.25, 0.3) is 22.0 Å². The van der Waals surface area contributed by atoms with Crippen LogP contribution in [0.3, 0.4) is 0 Å². The Bertz CT molecular complexity index is 1540. The Labute approximate surface area is 220 Å². The minimum Gasteiger partial charge on any atom is -0.475 e. The maximum absolute atomic E-state index is 15.4. The van der Waals surface area contributed by atoms with Gasteiger partial charge in [-0.3, -0.25) is 14.5 Å². The third-order valence-electron chi connectivity index (χ3n) is 7.01. The number of benzene rings is 1. The van der Waals surface area contributed by atoms with Gasteiger partial charge in [-0.1, -0.05) is 13.8 Å². The van der Waals surface area contributed by atoms with Gasteiger partial charge in [-0.15, -0.1) is 0 Å². The van der Waals surface area contributed by atoms with Gasteiger partial charge in [0.25, 0.3) is 0 Å². The smallest absolute Gasteiger partial charge is 0.238 e. The molecule has 0 bridgehead atoms. The normalized spacial score (nSPS) is 20.8. The number of carbonyl (C=O) groups is 1. The molecule has 1 aliphatic carbocycles. The number of aliphatic hydroxyl groups excluding tert-OH is 1. The summed E-state index contributed by atoms with van der Waals surface area (Å²) in [5.41, 5.74) is 1.43. The van der Waals surface area contributed by atoms with E-state index < -0.39 is 27.4 Å². The van der Waals surface area contributed by atoms with Crippen LogP contribution >= 0.6 is 0 Å². The predicted octanol–water partition coefficient (Wildman–Crippen LogP) is 2.55. The zero-order valence-electron chi connectivity index (χ0n) is 21.6. The molecule has 1 fully saturated rings. The van der Waals surface area contributed by atoms with Crippen LogP contribution in [0.2, 0.25) is 0 Å². The molecule has 3 N–H and O–H groups in total.